The molecule has 1 aliphatic rings. The Morgan fingerprint density at radius 1 is 1.09 bits per heavy atom. The van der Waals surface area contributed by atoms with Crippen molar-refractivity contribution < 1.29 is 14.4 Å². The molecule has 0 bridgehead atoms. The molecule has 0 amide bonds. The lowest BCUT2D eigenvalue weighted by molar-refractivity contribution is 0.245. The molecule has 1 saturated heterocycles. The second kappa shape index (κ2) is 4.58. The van der Waals surface area contributed by atoms with Crippen molar-refractivity contribution in [1.82, 2.24) is 4.67 Å². The molecule has 1 aliphatic heterocycles. The maximum Gasteiger partial charge on any atom is 0.402 e. The van der Waals surface area contributed by atoms with E-state index in [2.05, 4.69) is 0 Å². The predicted octanol–water partition coefficient (Wildman–Crippen LogP) is 1.14. The van der Waals surface area contributed by atoms with Crippen LogP contribution in [0.4, 0.5) is 0 Å². The van der Waals surface area contributed by atoms with Crippen LogP contribution in [0.5, 0.6) is 0 Å². The molecule has 0 unspecified atom stereocenters. The maximum atomic E-state index is 10.6. The lowest BCUT2D eigenvalue weighted by Gasteiger charge is -2.26. The summed E-state index contributed by atoms with van der Waals surface area (Å²) < 4.78 is 11.9. The zero-order valence-corrected chi connectivity index (χ0v) is 8.75. The van der Waals surface area contributed by atoms with E-state index in [9.17, 15) is 4.57 Å². The molecule has 0 aliphatic carbocycles. The van der Waals surface area contributed by atoms with Gasteiger partial charge in [0, 0.05) is 13.1 Å². The van der Waals surface area contributed by atoms with Gasteiger partial charge in [-0.1, -0.05) is 6.42 Å². The first-order valence-corrected chi connectivity index (χ1v) is 4.98. The molecule has 0 saturated carbocycles. The van der Waals surface area contributed by atoms with Crippen LogP contribution < -0.4 is 0 Å². The van der Waals surface area contributed by atoms with Gasteiger partial charge in [-0.3, -0.25) is 0 Å². The molecule has 0 atom stereocenters. The number of nitrogens with zero attached hydrogens (tertiary/aromatic N) is 1. The van der Waals surface area contributed by atoms with Crippen LogP contribution in [0.3, 0.4) is 0 Å². The lowest BCUT2D eigenvalue weighted by Crippen LogP contribution is -2.26. The molecular formula is C5H13BrNO3P. The van der Waals surface area contributed by atoms with E-state index in [1.807, 2.05) is 0 Å². The van der Waals surface area contributed by atoms with Gasteiger partial charge in [0.25, 0.3) is 0 Å². The van der Waals surface area contributed by atoms with Gasteiger partial charge >= 0.3 is 7.75 Å². The summed E-state index contributed by atoms with van der Waals surface area (Å²) in [5.41, 5.74) is 0. The minimum Gasteiger partial charge on any atom is -0.312 e. The molecule has 0 aromatic rings. The Morgan fingerprint density at radius 3 is 1.82 bits per heavy atom. The minimum atomic E-state index is -3.91. The van der Waals surface area contributed by atoms with E-state index in [1.54, 1.807) is 0 Å². The van der Waals surface area contributed by atoms with E-state index in [4.69, 9.17) is 9.79 Å². The molecule has 2 N–H and O–H groups in total. The molecule has 1 fully saturated rings. The summed E-state index contributed by atoms with van der Waals surface area (Å²) in [5, 5.41) is 0. The Hall–Kier alpha value is 0.590. The van der Waals surface area contributed by atoms with Gasteiger partial charge in [-0.15, -0.1) is 17.0 Å². The van der Waals surface area contributed by atoms with Crippen LogP contribution in [-0.4, -0.2) is 27.5 Å². The van der Waals surface area contributed by atoms with Gasteiger partial charge in [0.1, 0.15) is 0 Å². The number of rotatable bonds is 1. The lowest BCUT2D eigenvalue weighted by atomic mass is 10.2. The highest BCUT2D eigenvalue weighted by Crippen LogP contribution is 2.41. The molecule has 4 nitrogen and oxygen atoms in total. The van der Waals surface area contributed by atoms with Crippen molar-refractivity contribution in [2.24, 2.45) is 0 Å². The van der Waals surface area contributed by atoms with Crippen LogP contribution in [-0.2, 0) is 4.57 Å². The molecule has 0 radical (unpaired) electrons. The van der Waals surface area contributed by atoms with Crippen molar-refractivity contribution in [1.29, 1.82) is 0 Å². The first-order valence-electron chi connectivity index (χ1n) is 3.42. The van der Waals surface area contributed by atoms with Crippen molar-refractivity contribution in [2.75, 3.05) is 13.1 Å². The van der Waals surface area contributed by atoms with Gasteiger partial charge in [-0.05, 0) is 12.8 Å². The minimum absolute atomic E-state index is 0. The highest BCUT2D eigenvalue weighted by molar-refractivity contribution is 8.93. The third-order valence-electron chi connectivity index (χ3n) is 1.70. The van der Waals surface area contributed by atoms with Crippen LogP contribution in [0, 0.1) is 0 Å². The summed E-state index contributed by atoms with van der Waals surface area (Å²) in [7, 11) is -3.91. The maximum absolute atomic E-state index is 10.6. The quantitative estimate of drug-likeness (QED) is 0.681. The average Bonchev–Trinajstić information content (AvgIpc) is 1.88. The molecule has 1 rings (SSSR count). The van der Waals surface area contributed by atoms with E-state index in [1.165, 1.54) is 4.67 Å². The predicted molar refractivity (Wildman–Crippen MR) is 47.8 cm³/mol. The highest BCUT2D eigenvalue weighted by Gasteiger charge is 2.25. The molecule has 1 heterocycles. The van der Waals surface area contributed by atoms with Crippen molar-refractivity contribution in [3.05, 3.63) is 0 Å². The van der Waals surface area contributed by atoms with E-state index < -0.39 is 7.75 Å². The molecule has 0 spiro atoms. The van der Waals surface area contributed by atoms with Crippen molar-refractivity contribution in [3.63, 3.8) is 0 Å². The smallest absolute Gasteiger partial charge is 0.312 e. The van der Waals surface area contributed by atoms with Gasteiger partial charge in [0.05, 0.1) is 0 Å². The van der Waals surface area contributed by atoms with E-state index >= 15 is 0 Å². The summed E-state index contributed by atoms with van der Waals surface area (Å²) in [6.07, 6.45) is 2.91. The summed E-state index contributed by atoms with van der Waals surface area (Å²) >= 11 is 0. The molecule has 0 aromatic carbocycles. The van der Waals surface area contributed by atoms with E-state index in [-0.39, 0.29) is 17.0 Å². The Bertz CT molecular complexity index is 154. The van der Waals surface area contributed by atoms with Gasteiger partial charge in [0.15, 0.2) is 0 Å². The largest absolute Gasteiger partial charge is 0.402 e. The third kappa shape index (κ3) is 3.67. The van der Waals surface area contributed by atoms with Crippen molar-refractivity contribution in [3.8, 4) is 0 Å². The Kier molecular flexibility index (Phi) is 4.82. The van der Waals surface area contributed by atoms with E-state index in [0.29, 0.717) is 13.1 Å². The normalized spacial score (nSPS) is 20.9. The average molecular weight is 246 g/mol. The number of halogens is 1. The van der Waals surface area contributed by atoms with E-state index in [0.717, 1.165) is 19.3 Å². The van der Waals surface area contributed by atoms with Gasteiger partial charge < -0.3 is 9.79 Å². The molecule has 68 valence electrons. The second-order valence-electron chi connectivity index (χ2n) is 2.53. The van der Waals surface area contributed by atoms with Crippen molar-refractivity contribution in [2.45, 2.75) is 19.3 Å². The first kappa shape index (κ1) is 11.6. The monoisotopic (exact) mass is 245 g/mol. The zero-order chi connectivity index (χ0) is 7.61. The number of hydrogen-bond acceptors (Lipinski definition) is 1. The highest BCUT2D eigenvalue weighted by atomic mass is 79.9. The summed E-state index contributed by atoms with van der Waals surface area (Å²) in [6, 6.07) is 0. The number of hydrogen-bond donors (Lipinski definition) is 2. The first-order chi connectivity index (χ1) is 4.61. The Labute approximate surface area is 76.6 Å². The zero-order valence-electron chi connectivity index (χ0n) is 6.14. The van der Waals surface area contributed by atoms with Crippen LogP contribution in [0.2, 0.25) is 0 Å². The number of piperidine rings is 1. The second-order valence-corrected chi connectivity index (χ2v) is 4.12. The fourth-order valence-corrected chi connectivity index (χ4v) is 1.94. The molecule has 11 heavy (non-hydrogen) atoms. The summed E-state index contributed by atoms with van der Waals surface area (Å²) in [4.78, 5) is 17.4. The fourth-order valence-electron chi connectivity index (χ4n) is 1.14. The standard InChI is InChI=1S/C5H12NO3P.BrH/c7-10(8,9)6-4-2-1-3-5-6;/h1-5H2,(H2,7,8,9);1H. The van der Waals surface area contributed by atoms with Crippen LogP contribution >= 0.6 is 24.7 Å². The van der Waals surface area contributed by atoms with Crippen LogP contribution in [0.25, 0.3) is 0 Å². The molecule has 6 heteroatoms. The summed E-state index contributed by atoms with van der Waals surface area (Å²) in [6.45, 7) is 1.09. The molecular weight excluding hydrogens is 233 g/mol. The van der Waals surface area contributed by atoms with Gasteiger partial charge in [-0.2, -0.15) is 0 Å². The summed E-state index contributed by atoms with van der Waals surface area (Å²) in [5.74, 6) is 0. The SMILES string of the molecule is Br.O=P(O)(O)N1CCCCC1. The van der Waals surface area contributed by atoms with Crippen LogP contribution in [0.15, 0.2) is 0 Å². The Balaban J connectivity index is 0.000001000. The van der Waals surface area contributed by atoms with Crippen molar-refractivity contribution >= 4 is 24.7 Å². The van der Waals surface area contributed by atoms with Crippen LogP contribution in [0.1, 0.15) is 19.3 Å². The topological polar surface area (TPSA) is 60.8 Å². The van der Waals surface area contributed by atoms with Gasteiger partial charge in [-0.25, -0.2) is 9.24 Å². The fraction of sp³-hybridized carbons (Fsp3) is 1.00. The Morgan fingerprint density at radius 2 is 1.55 bits per heavy atom. The van der Waals surface area contributed by atoms with Gasteiger partial charge in [0.2, 0.25) is 0 Å². The third-order valence-corrected chi connectivity index (χ3v) is 2.84. The molecule has 0 aromatic heterocycles.